The van der Waals surface area contributed by atoms with E-state index in [4.69, 9.17) is 22.8 Å². The van der Waals surface area contributed by atoms with Gasteiger partial charge in [-0.05, 0) is 80.0 Å². The van der Waals surface area contributed by atoms with Crippen molar-refractivity contribution in [3.05, 3.63) is 80.0 Å². The third-order valence-electron chi connectivity index (χ3n) is 6.69. The van der Waals surface area contributed by atoms with Crippen molar-refractivity contribution in [3.63, 3.8) is 0 Å². The fraction of sp³-hybridized carbons (Fsp3) is 0.367. The maximum Gasteiger partial charge on any atom is 0.255 e. The van der Waals surface area contributed by atoms with Gasteiger partial charge in [-0.1, -0.05) is 36.6 Å². The van der Waals surface area contributed by atoms with Crippen LogP contribution in [0.15, 0.2) is 52.7 Å². The Balaban J connectivity index is 1.58. The van der Waals surface area contributed by atoms with Crippen LogP contribution in [0.25, 0.3) is 0 Å². The van der Waals surface area contributed by atoms with Gasteiger partial charge in [0.15, 0.2) is 0 Å². The van der Waals surface area contributed by atoms with E-state index in [0.717, 1.165) is 54.5 Å². The standard InChI is InChI=1S/C30H33ClN2O4S2/c1-3-16-32-39(35,36)25-12-9-22(10-13-25)15-17-33(20-23-19-24(31)11-14-28(23)37-18-4-2)30(34)27-21-38-29-8-6-5-7-26(27)29/h1,9-14,19,21,32H,4-8,15-18,20H2,2H3. The second-order valence-electron chi connectivity index (χ2n) is 9.51. The monoisotopic (exact) mass is 584 g/mol. The van der Waals surface area contributed by atoms with Crippen LogP contribution in [0.4, 0.5) is 0 Å². The number of rotatable bonds is 12. The Kier molecular flexibility index (Phi) is 10.1. The molecule has 4 rings (SSSR count). The van der Waals surface area contributed by atoms with Gasteiger partial charge in [-0.2, -0.15) is 4.72 Å². The lowest BCUT2D eigenvalue weighted by atomic mass is 9.95. The molecule has 6 nitrogen and oxygen atoms in total. The largest absolute Gasteiger partial charge is 0.493 e. The van der Waals surface area contributed by atoms with Crippen LogP contribution in [0.1, 0.15) is 58.1 Å². The summed E-state index contributed by atoms with van der Waals surface area (Å²) >= 11 is 8.02. The highest BCUT2D eigenvalue weighted by atomic mass is 35.5. The van der Waals surface area contributed by atoms with Gasteiger partial charge >= 0.3 is 0 Å². The summed E-state index contributed by atoms with van der Waals surface area (Å²) in [6.07, 6.45) is 10.8. The van der Waals surface area contributed by atoms with Crippen LogP contribution in [0.2, 0.25) is 5.02 Å². The van der Waals surface area contributed by atoms with Crippen molar-refractivity contribution in [1.82, 2.24) is 9.62 Å². The number of halogens is 1. The topological polar surface area (TPSA) is 75.7 Å². The predicted molar refractivity (Wildman–Crippen MR) is 157 cm³/mol. The Morgan fingerprint density at radius 1 is 1.18 bits per heavy atom. The molecule has 1 N–H and O–H groups in total. The first kappa shape index (κ1) is 29.2. The van der Waals surface area contributed by atoms with Crippen molar-refractivity contribution < 1.29 is 17.9 Å². The smallest absolute Gasteiger partial charge is 0.255 e. The number of terminal acetylenes is 1. The van der Waals surface area contributed by atoms with Gasteiger partial charge in [0.1, 0.15) is 5.75 Å². The molecule has 0 atom stereocenters. The van der Waals surface area contributed by atoms with Crippen LogP contribution in [0.3, 0.4) is 0 Å². The first-order valence-electron chi connectivity index (χ1n) is 13.1. The number of aryl methyl sites for hydroxylation is 1. The summed E-state index contributed by atoms with van der Waals surface area (Å²) in [6.45, 7) is 3.36. The molecule has 0 aliphatic heterocycles. The lowest BCUT2D eigenvalue weighted by Gasteiger charge is -2.25. The van der Waals surface area contributed by atoms with E-state index in [1.165, 1.54) is 10.4 Å². The SMILES string of the molecule is C#CCNS(=O)(=O)c1ccc(CCN(Cc2cc(Cl)ccc2OCCC)C(=O)c2csc3c2CCCC3)cc1. The van der Waals surface area contributed by atoms with Gasteiger partial charge in [-0.25, -0.2) is 8.42 Å². The molecule has 0 unspecified atom stereocenters. The zero-order valence-electron chi connectivity index (χ0n) is 22.0. The molecule has 2 aromatic carbocycles. The second kappa shape index (κ2) is 13.5. The lowest BCUT2D eigenvalue weighted by Crippen LogP contribution is -2.33. The molecule has 1 heterocycles. The molecule has 0 bridgehead atoms. The number of carbonyl (C=O) groups is 1. The molecule has 3 aromatic rings. The fourth-order valence-corrected chi connectivity index (χ4v) is 6.89. The zero-order valence-corrected chi connectivity index (χ0v) is 24.4. The molecule has 0 fully saturated rings. The molecule has 1 amide bonds. The number of carbonyl (C=O) groups excluding carboxylic acids is 1. The third-order valence-corrected chi connectivity index (χ3v) is 9.43. The first-order valence-corrected chi connectivity index (χ1v) is 15.9. The first-order chi connectivity index (χ1) is 18.8. The third kappa shape index (κ3) is 7.43. The van der Waals surface area contributed by atoms with Gasteiger partial charge < -0.3 is 9.64 Å². The highest BCUT2D eigenvalue weighted by Crippen LogP contribution is 2.32. The average Bonchev–Trinajstić information content (AvgIpc) is 3.38. The average molecular weight is 585 g/mol. The number of amides is 1. The van der Waals surface area contributed by atoms with Crippen molar-refractivity contribution >= 4 is 38.9 Å². The maximum absolute atomic E-state index is 14.0. The molecular formula is C30H33ClN2O4S2. The quantitative estimate of drug-likeness (QED) is 0.270. The van der Waals surface area contributed by atoms with Gasteiger partial charge in [-0.3, -0.25) is 4.79 Å². The predicted octanol–water partition coefficient (Wildman–Crippen LogP) is 5.87. The Labute approximate surface area is 240 Å². The second-order valence-corrected chi connectivity index (χ2v) is 12.7. The van der Waals surface area contributed by atoms with E-state index in [9.17, 15) is 13.2 Å². The number of hydrogen-bond donors (Lipinski definition) is 1. The van der Waals surface area contributed by atoms with Gasteiger partial charge in [0.05, 0.1) is 23.6 Å². The Morgan fingerprint density at radius 2 is 1.95 bits per heavy atom. The molecule has 0 radical (unpaired) electrons. The number of fused-ring (bicyclic) bond motifs is 1. The molecule has 39 heavy (non-hydrogen) atoms. The van der Waals surface area contributed by atoms with Crippen LogP contribution in [-0.4, -0.2) is 38.9 Å². The van der Waals surface area contributed by atoms with E-state index in [-0.39, 0.29) is 17.3 Å². The van der Waals surface area contributed by atoms with Crippen molar-refractivity contribution in [2.45, 2.75) is 56.9 Å². The van der Waals surface area contributed by atoms with Crippen molar-refractivity contribution in [1.29, 1.82) is 0 Å². The Hall–Kier alpha value is -2.83. The highest BCUT2D eigenvalue weighted by molar-refractivity contribution is 7.89. The van der Waals surface area contributed by atoms with Gasteiger partial charge in [0, 0.05) is 33.9 Å². The zero-order chi connectivity index (χ0) is 27.8. The fourth-order valence-electron chi connectivity index (χ4n) is 4.65. The van der Waals surface area contributed by atoms with E-state index in [1.807, 2.05) is 29.3 Å². The molecule has 1 aromatic heterocycles. The van der Waals surface area contributed by atoms with Crippen molar-refractivity contribution in [2.75, 3.05) is 19.7 Å². The Morgan fingerprint density at radius 3 is 2.69 bits per heavy atom. The molecular weight excluding hydrogens is 552 g/mol. The molecule has 9 heteroatoms. The summed E-state index contributed by atoms with van der Waals surface area (Å²) in [5.41, 5.74) is 3.75. The number of sulfonamides is 1. The minimum Gasteiger partial charge on any atom is -0.493 e. The minimum absolute atomic E-state index is 0.00602. The lowest BCUT2D eigenvalue weighted by molar-refractivity contribution is 0.0743. The molecule has 0 saturated heterocycles. The van der Waals surface area contributed by atoms with E-state index in [0.29, 0.717) is 31.1 Å². The van der Waals surface area contributed by atoms with Crippen LogP contribution in [0, 0.1) is 12.3 Å². The summed E-state index contributed by atoms with van der Waals surface area (Å²) < 4.78 is 33.1. The van der Waals surface area contributed by atoms with Crippen LogP contribution in [-0.2, 0) is 35.8 Å². The van der Waals surface area contributed by atoms with Gasteiger partial charge in [0.25, 0.3) is 5.91 Å². The van der Waals surface area contributed by atoms with Crippen LogP contribution >= 0.6 is 22.9 Å². The molecule has 1 aliphatic rings. The molecule has 0 saturated carbocycles. The number of nitrogens with zero attached hydrogens (tertiary/aromatic N) is 1. The number of thiophene rings is 1. The van der Waals surface area contributed by atoms with Gasteiger partial charge in [0.2, 0.25) is 10.0 Å². The maximum atomic E-state index is 14.0. The molecule has 206 valence electrons. The molecule has 0 spiro atoms. The van der Waals surface area contributed by atoms with Crippen molar-refractivity contribution in [3.8, 4) is 18.1 Å². The number of hydrogen-bond acceptors (Lipinski definition) is 5. The number of benzene rings is 2. The Bertz CT molecular complexity index is 1440. The minimum atomic E-state index is -3.66. The number of nitrogens with one attached hydrogen (secondary N) is 1. The summed E-state index contributed by atoms with van der Waals surface area (Å²) in [7, 11) is -3.66. The van der Waals surface area contributed by atoms with Gasteiger partial charge in [-0.15, -0.1) is 17.8 Å². The summed E-state index contributed by atoms with van der Waals surface area (Å²) in [5.74, 6) is 2.99. The normalized spacial score (nSPS) is 12.9. The van der Waals surface area contributed by atoms with E-state index in [1.54, 1.807) is 41.7 Å². The van der Waals surface area contributed by atoms with E-state index < -0.39 is 10.0 Å². The molecule has 1 aliphatic carbocycles. The summed E-state index contributed by atoms with van der Waals surface area (Å²) in [6, 6.07) is 12.2. The van der Waals surface area contributed by atoms with E-state index >= 15 is 0 Å². The van der Waals surface area contributed by atoms with Crippen LogP contribution < -0.4 is 9.46 Å². The van der Waals surface area contributed by atoms with Crippen LogP contribution in [0.5, 0.6) is 5.75 Å². The summed E-state index contributed by atoms with van der Waals surface area (Å²) in [4.78, 5) is 17.3. The van der Waals surface area contributed by atoms with E-state index in [2.05, 4.69) is 10.6 Å². The summed E-state index contributed by atoms with van der Waals surface area (Å²) in [5, 5.41) is 2.59. The highest BCUT2D eigenvalue weighted by Gasteiger charge is 2.25. The van der Waals surface area contributed by atoms with Crippen molar-refractivity contribution in [2.24, 2.45) is 0 Å². The number of ether oxygens (including phenoxy) is 1.